The van der Waals surface area contributed by atoms with Gasteiger partial charge in [-0.1, -0.05) is 30.3 Å². The van der Waals surface area contributed by atoms with Crippen molar-refractivity contribution >= 4 is 0 Å². The van der Waals surface area contributed by atoms with Crippen LogP contribution in [0.2, 0.25) is 0 Å². The molecule has 1 atom stereocenters. The van der Waals surface area contributed by atoms with Gasteiger partial charge in [-0.3, -0.25) is 4.98 Å². The zero-order chi connectivity index (χ0) is 14.3. The van der Waals surface area contributed by atoms with Gasteiger partial charge in [-0.25, -0.2) is 0 Å². The van der Waals surface area contributed by atoms with Gasteiger partial charge < -0.3 is 10.1 Å². The van der Waals surface area contributed by atoms with E-state index in [0.717, 1.165) is 39.0 Å². The minimum atomic E-state index is 0.312. The third-order valence-corrected chi connectivity index (χ3v) is 3.88. The van der Waals surface area contributed by atoms with Crippen molar-refractivity contribution < 1.29 is 4.74 Å². The van der Waals surface area contributed by atoms with Gasteiger partial charge >= 0.3 is 0 Å². The molecule has 0 aliphatic carbocycles. The molecular formula is C18H22N2O. The van der Waals surface area contributed by atoms with Crippen LogP contribution in [0, 0.1) is 0 Å². The number of benzene rings is 1. The molecule has 0 spiro atoms. The molecule has 3 rings (SSSR count). The summed E-state index contributed by atoms with van der Waals surface area (Å²) < 4.78 is 5.78. The summed E-state index contributed by atoms with van der Waals surface area (Å²) in [5.41, 5.74) is 4.05. The monoisotopic (exact) mass is 282 g/mol. The molecule has 0 amide bonds. The van der Waals surface area contributed by atoms with E-state index in [0.29, 0.717) is 6.10 Å². The van der Waals surface area contributed by atoms with Crippen molar-refractivity contribution in [3.8, 4) is 0 Å². The number of rotatable bonds is 5. The van der Waals surface area contributed by atoms with Crippen LogP contribution in [0.5, 0.6) is 0 Å². The van der Waals surface area contributed by atoms with E-state index in [-0.39, 0.29) is 0 Å². The molecule has 110 valence electrons. The fourth-order valence-electron chi connectivity index (χ4n) is 2.76. The maximum atomic E-state index is 5.78. The van der Waals surface area contributed by atoms with Gasteiger partial charge in [0.25, 0.3) is 0 Å². The minimum absolute atomic E-state index is 0.312. The Hall–Kier alpha value is -1.71. The van der Waals surface area contributed by atoms with Gasteiger partial charge in [0, 0.05) is 25.5 Å². The molecular weight excluding hydrogens is 260 g/mol. The molecule has 1 aromatic heterocycles. The van der Waals surface area contributed by atoms with Gasteiger partial charge in [0.2, 0.25) is 0 Å². The first-order valence-corrected chi connectivity index (χ1v) is 7.69. The van der Waals surface area contributed by atoms with Crippen LogP contribution in [0.25, 0.3) is 0 Å². The van der Waals surface area contributed by atoms with Crippen molar-refractivity contribution in [2.75, 3.05) is 19.7 Å². The maximum absolute atomic E-state index is 5.78. The van der Waals surface area contributed by atoms with Gasteiger partial charge in [-0.15, -0.1) is 0 Å². The summed E-state index contributed by atoms with van der Waals surface area (Å²) in [5.74, 6) is 0. The van der Waals surface area contributed by atoms with E-state index < -0.39 is 0 Å². The van der Waals surface area contributed by atoms with E-state index >= 15 is 0 Å². The fraction of sp³-hybridized carbons (Fsp3) is 0.389. The first-order chi connectivity index (χ1) is 10.4. The quantitative estimate of drug-likeness (QED) is 0.914. The summed E-state index contributed by atoms with van der Waals surface area (Å²) >= 11 is 0. The molecule has 1 aromatic carbocycles. The number of nitrogens with one attached hydrogen (secondary N) is 1. The summed E-state index contributed by atoms with van der Waals surface area (Å²) in [6.07, 6.45) is 7.18. The normalized spacial score (nSPS) is 18.6. The third kappa shape index (κ3) is 4.38. The number of aromatic nitrogens is 1. The second-order valence-corrected chi connectivity index (χ2v) is 5.58. The van der Waals surface area contributed by atoms with Gasteiger partial charge in [-0.2, -0.15) is 0 Å². The van der Waals surface area contributed by atoms with Crippen molar-refractivity contribution in [3.63, 3.8) is 0 Å². The molecule has 1 aliphatic rings. The van der Waals surface area contributed by atoms with E-state index in [4.69, 9.17) is 4.74 Å². The topological polar surface area (TPSA) is 34.2 Å². The lowest BCUT2D eigenvalue weighted by Gasteiger charge is -2.23. The van der Waals surface area contributed by atoms with E-state index in [1.165, 1.54) is 16.7 Å². The molecule has 21 heavy (non-hydrogen) atoms. The predicted molar refractivity (Wildman–Crippen MR) is 84.4 cm³/mol. The summed E-state index contributed by atoms with van der Waals surface area (Å²) in [4.78, 5) is 4.17. The van der Waals surface area contributed by atoms with E-state index in [1.807, 2.05) is 18.5 Å². The Kier molecular flexibility index (Phi) is 4.98. The van der Waals surface area contributed by atoms with Crippen LogP contribution < -0.4 is 5.32 Å². The fourth-order valence-corrected chi connectivity index (χ4v) is 2.76. The molecule has 1 N–H and O–H groups in total. The van der Waals surface area contributed by atoms with Crippen LogP contribution in [0.4, 0.5) is 0 Å². The Labute approximate surface area is 126 Å². The molecule has 1 saturated heterocycles. The molecule has 0 saturated carbocycles. The first-order valence-electron chi connectivity index (χ1n) is 7.69. The number of pyridine rings is 1. The van der Waals surface area contributed by atoms with E-state index in [9.17, 15) is 0 Å². The molecule has 2 heterocycles. The van der Waals surface area contributed by atoms with Crippen molar-refractivity contribution in [1.82, 2.24) is 10.3 Å². The first kappa shape index (κ1) is 14.2. The number of nitrogens with zero attached hydrogens (tertiary/aromatic N) is 1. The highest BCUT2D eigenvalue weighted by atomic mass is 16.5. The molecule has 0 bridgehead atoms. The maximum Gasteiger partial charge on any atom is 0.0740 e. The SMILES string of the molecule is c1cncc(CCc2cccc(C[C@@H]3CNCCO3)c2)c1. The van der Waals surface area contributed by atoms with Gasteiger partial charge in [0.15, 0.2) is 0 Å². The summed E-state index contributed by atoms with van der Waals surface area (Å²) in [5, 5.41) is 3.38. The van der Waals surface area contributed by atoms with Crippen LogP contribution in [0.1, 0.15) is 16.7 Å². The number of aryl methyl sites for hydroxylation is 2. The van der Waals surface area contributed by atoms with Crippen LogP contribution in [0.3, 0.4) is 0 Å². The standard InChI is InChI=1S/C18H22N2O/c1-3-15(6-7-16-5-2-8-19-13-16)11-17(4-1)12-18-14-20-9-10-21-18/h1-5,8,11,13,18,20H,6-7,9-10,12,14H2/t18-/m1/s1. The highest BCUT2D eigenvalue weighted by molar-refractivity contribution is 5.25. The Balaban J connectivity index is 1.57. The highest BCUT2D eigenvalue weighted by Crippen LogP contribution is 2.12. The molecule has 0 unspecified atom stereocenters. The van der Waals surface area contributed by atoms with Crippen molar-refractivity contribution in [2.24, 2.45) is 0 Å². The Morgan fingerprint density at radius 1 is 1.10 bits per heavy atom. The zero-order valence-electron chi connectivity index (χ0n) is 12.3. The second kappa shape index (κ2) is 7.34. The molecule has 1 fully saturated rings. The molecule has 3 nitrogen and oxygen atoms in total. The minimum Gasteiger partial charge on any atom is -0.375 e. The second-order valence-electron chi connectivity index (χ2n) is 5.58. The lowest BCUT2D eigenvalue weighted by molar-refractivity contribution is 0.0292. The average molecular weight is 282 g/mol. The molecule has 3 heteroatoms. The van der Waals surface area contributed by atoms with Crippen LogP contribution >= 0.6 is 0 Å². The van der Waals surface area contributed by atoms with Crippen molar-refractivity contribution in [3.05, 3.63) is 65.5 Å². The Bertz CT molecular complexity index is 550. The predicted octanol–water partition coefficient (Wildman–Crippen LogP) is 2.40. The van der Waals surface area contributed by atoms with Crippen LogP contribution in [0.15, 0.2) is 48.8 Å². The zero-order valence-corrected chi connectivity index (χ0v) is 12.3. The van der Waals surface area contributed by atoms with Crippen LogP contribution in [-0.4, -0.2) is 30.8 Å². The van der Waals surface area contributed by atoms with Crippen LogP contribution in [-0.2, 0) is 24.0 Å². The molecule has 0 radical (unpaired) electrons. The molecule has 1 aliphatic heterocycles. The number of hydrogen-bond donors (Lipinski definition) is 1. The largest absolute Gasteiger partial charge is 0.375 e. The van der Waals surface area contributed by atoms with E-state index in [1.54, 1.807) is 0 Å². The number of morpholine rings is 1. The average Bonchev–Trinajstić information content (AvgIpc) is 2.55. The smallest absolute Gasteiger partial charge is 0.0740 e. The summed E-state index contributed by atoms with van der Waals surface area (Å²) in [6, 6.07) is 13.0. The molecule has 2 aromatic rings. The van der Waals surface area contributed by atoms with Crippen molar-refractivity contribution in [1.29, 1.82) is 0 Å². The van der Waals surface area contributed by atoms with Gasteiger partial charge in [0.05, 0.1) is 12.7 Å². The third-order valence-electron chi connectivity index (χ3n) is 3.88. The van der Waals surface area contributed by atoms with Gasteiger partial charge in [0.1, 0.15) is 0 Å². The highest BCUT2D eigenvalue weighted by Gasteiger charge is 2.13. The summed E-state index contributed by atoms with van der Waals surface area (Å²) in [7, 11) is 0. The Morgan fingerprint density at radius 2 is 1.95 bits per heavy atom. The lowest BCUT2D eigenvalue weighted by Crippen LogP contribution is -2.39. The van der Waals surface area contributed by atoms with Gasteiger partial charge in [-0.05, 0) is 42.0 Å². The number of ether oxygens (including phenoxy) is 1. The van der Waals surface area contributed by atoms with E-state index in [2.05, 4.69) is 40.6 Å². The number of hydrogen-bond acceptors (Lipinski definition) is 3. The Morgan fingerprint density at radius 3 is 2.76 bits per heavy atom. The lowest BCUT2D eigenvalue weighted by atomic mass is 10.0. The van der Waals surface area contributed by atoms with Crippen molar-refractivity contribution in [2.45, 2.75) is 25.4 Å². The summed E-state index contributed by atoms with van der Waals surface area (Å²) in [6.45, 7) is 2.76.